The summed E-state index contributed by atoms with van der Waals surface area (Å²) in [5.74, 6) is 2.55. The minimum atomic E-state index is -1.84. The molecule has 0 aromatic heterocycles. The van der Waals surface area contributed by atoms with E-state index in [1.807, 2.05) is 6.92 Å². The van der Waals surface area contributed by atoms with E-state index in [0.717, 1.165) is 25.0 Å². The van der Waals surface area contributed by atoms with Crippen LogP contribution in [0.1, 0.15) is 53.4 Å². The van der Waals surface area contributed by atoms with Crippen molar-refractivity contribution in [1.29, 1.82) is 0 Å². The van der Waals surface area contributed by atoms with E-state index in [4.69, 9.17) is 9.16 Å². The summed E-state index contributed by atoms with van der Waals surface area (Å²) in [6, 6.07) is 0. The normalized spacial score (nSPS) is 31.3. The molecule has 3 rings (SSSR count). The number of carbonyl (C=O) groups excluding carboxylic acids is 1. The Hall–Kier alpha value is -1.03. The summed E-state index contributed by atoms with van der Waals surface area (Å²) in [6.07, 6.45) is 6.38. The predicted molar refractivity (Wildman–Crippen MR) is 94.1 cm³/mol. The summed E-state index contributed by atoms with van der Waals surface area (Å²) in [6.45, 7) is 13.4. The molecule has 1 aliphatic heterocycles. The van der Waals surface area contributed by atoms with E-state index in [1.165, 1.54) is 17.8 Å². The van der Waals surface area contributed by atoms with Crippen LogP contribution in [0.15, 0.2) is 23.2 Å². The maximum atomic E-state index is 12.4. The van der Waals surface area contributed by atoms with Crippen LogP contribution in [-0.4, -0.2) is 14.3 Å². The molecule has 0 bridgehead atoms. The molecule has 0 radical (unpaired) electrons. The predicted octanol–water partition coefficient (Wildman–Crippen LogP) is 5.16. The van der Waals surface area contributed by atoms with Crippen LogP contribution in [0.3, 0.4) is 0 Å². The molecule has 0 amide bonds. The molecule has 3 atom stereocenters. The highest BCUT2D eigenvalue weighted by atomic mass is 28.4. The summed E-state index contributed by atoms with van der Waals surface area (Å²) in [5, 5.41) is 0.197. The van der Waals surface area contributed by atoms with Gasteiger partial charge in [0.05, 0.1) is 11.7 Å². The lowest BCUT2D eigenvalue weighted by Crippen LogP contribution is -2.43. The third-order valence-electron chi connectivity index (χ3n) is 6.25. The van der Waals surface area contributed by atoms with Crippen LogP contribution in [0.4, 0.5) is 0 Å². The zero-order valence-corrected chi connectivity index (χ0v) is 16.4. The van der Waals surface area contributed by atoms with Gasteiger partial charge in [0, 0.05) is 12.3 Å². The quantitative estimate of drug-likeness (QED) is 0.517. The molecular formula is C19H30O3Si. The van der Waals surface area contributed by atoms with Crippen LogP contribution in [0.25, 0.3) is 0 Å². The Morgan fingerprint density at radius 1 is 1.30 bits per heavy atom. The summed E-state index contributed by atoms with van der Waals surface area (Å²) >= 11 is 0. The van der Waals surface area contributed by atoms with Gasteiger partial charge in [0.2, 0.25) is 8.32 Å². The van der Waals surface area contributed by atoms with E-state index >= 15 is 0 Å². The van der Waals surface area contributed by atoms with Gasteiger partial charge in [0.1, 0.15) is 5.76 Å². The topological polar surface area (TPSA) is 35.5 Å². The van der Waals surface area contributed by atoms with Gasteiger partial charge in [0.25, 0.3) is 0 Å². The summed E-state index contributed by atoms with van der Waals surface area (Å²) < 4.78 is 12.1. The molecule has 2 aliphatic carbocycles. The van der Waals surface area contributed by atoms with Crippen molar-refractivity contribution in [1.82, 2.24) is 0 Å². The van der Waals surface area contributed by atoms with E-state index in [2.05, 4.69) is 39.9 Å². The first-order chi connectivity index (χ1) is 10.6. The molecular weight excluding hydrogens is 304 g/mol. The number of hydrogen-bond donors (Lipinski definition) is 0. The molecule has 1 saturated carbocycles. The fourth-order valence-corrected chi connectivity index (χ4v) is 5.15. The standard InChI is InChI=1S/C19H30O3Si/c1-12-10-13-11-16(22-23(5,6)19(2,3)4)14-8-7-9-15(14)17(13)18(20)21-12/h10,13,15,17H,7-9,11H2,1-6H3. The third kappa shape index (κ3) is 2.90. The Labute approximate surface area is 141 Å². The lowest BCUT2D eigenvalue weighted by molar-refractivity contribution is -0.149. The molecule has 3 nitrogen and oxygen atoms in total. The van der Waals surface area contributed by atoms with Crippen molar-refractivity contribution < 1.29 is 14.0 Å². The number of ether oxygens (including phenoxy) is 1. The van der Waals surface area contributed by atoms with Crippen LogP contribution in [0.2, 0.25) is 18.1 Å². The smallest absolute Gasteiger partial charge is 0.315 e. The van der Waals surface area contributed by atoms with Gasteiger partial charge >= 0.3 is 5.97 Å². The molecule has 0 saturated heterocycles. The third-order valence-corrected chi connectivity index (χ3v) is 10.6. The Bertz CT molecular complexity index is 580. The number of hydrogen-bond acceptors (Lipinski definition) is 3. The van der Waals surface area contributed by atoms with E-state index in [1.54, 1.807) is 0 Å². The molecule has 3 aliphatic rings. The molecule has 23 heavy (non-hydrogen) atoms. The van der Waals surface area contributed by atoms with Gasteiger partial charge in [-0.25, -0.2) is 0 Å². The monoisotopic (exact) mass is 334 g/mol. The first-order valence-electron chi connectivity index (χ1n) is 8.91. The van der Waals surface area contributed by atoms with Crippen molar-refractivity contribution in [2.75, 3.05) is 0 Å². The molecule has 1 fully saturated rings. The maximum absolute atomic E-state index is 12.4. The van der Waals surface area contributed by atoms with E-state index < -0.39 is 8.32 Å². The van der Waals surface area contributed by atoms with E-state index in [-0.39, 0.29) is 22.8 Å². The van der Waals surface area contributed by atoms with Crippen LogP contribution in [0, 0.1) is 17.8 Å². The van der Waals surface area contributed by atoms with Crippen molar-refractivity contribution in [2.24, 2.45) is 17.8 Å². The van der Waals surface area contributed by atoms with Gasteiger partial charge in [-0.3, -0.25) is 4.79 Å². The number of esters is 1. The average Bonchev–Trinajstić information content (AvgIpc) is 2.85. The fraction of sp³-hybridized carbons (Fsp3) is 0.737. The lowest BCUT2D eigenvalue weighted by Gasteiger charge is -2.43. The molecule has 0 aromatic carbocycles. The molecule has 128 valence electrons. The minimum Gasteiger partial charge on any atom is -0.547 e. The van der Waals surface area contributed by atoms with Crippen LogP contribution in [0.5, 0.6) is 0 Å². The zero-order valence-electron chi connectivity index (χ0n) is 15.4. The van der Waals surface area contributed by atoms with Crippen molar-refractivity contribution in [2.45, 2.75) is 71.5 Å². The number of allylic oxidation sites excluding steroid dienone is 4. The number of carbonyl (C=O) groups is 1. The van der Waals surface area contributed by atoms with Gasteiger partial charge in [-0.15, -0.1) is 0 Å². The Morgan fingerprint density at radius 2 is 2.00 bits per heavy atom. The van der Waals surface area contributed by atoms with Crippen LogP contribution in [-0.2, 0) is 14.0 Å². The average molecular weight is 335 g/mol. The van der Waals surface area contributed by atoms with Crippen LogP contribution < -0.4 is 0 Å². The summed E-state index contributed by atoms with van der Waals surface area (Å²) in [5.41, 5.74) is 1.42. The zero-order chi connectivity index (χ0) is 17.0. The Balaban J connectivity index is 1.95. The van der Waals surface area contributed by atoms with E-state index in [9.17, 15) is 4.79 Å². The van der Waals surface area contributed by atoms with Gasteiger partial charge in [-0.2, -0.15) is 0 Å². The number of rotatable bonds is 2. The van der Waals surface area contributed by atoms with Crippen molar-refractivity contribution in [3.8, 4) is 0 Å². The Kier molecular flexibility index (Phi) is 4.02. The fourth-order valence-electron chi connectivity index (χ4n) is 4.02. The second-order valence-corrected chi connectivity index (χ2v) is 13.6. The molecule has 0 spiro atoms. The maximum Gasteiger partial charge on any atom is 0.315 e. The largest absolute Gasteiger partial charge is 0.547 e. The number of fused-ring (bicyclic) bond motifs is 3. The molecule has 0 aromatic rings. The Morgan fingerprint density at radius 3 is 2.65 bits per heavy atom. The highest BCUT2D eigenvalue weighted by Crippen LogP contribution is 2.51. The molecule has 0 N–H and O–H groups in total. The second-order valence-electron chi connectivity index (χ2n) is 8.90. The molecule has 4 heteroatoms. The molecule has 3 unspecified atom stereocenters. The summed E-state index contributed by atoms with van der Waals surface area (Å²) in [7, 11) is -1.84. The number of cyclic esters (lactones) is 1. The first-order valence-corrected chi connectivity index (χ1v) is 11.8. The highest BCUT2D eigenvalue weighted by Gasteiger charge is 2.48. The highest BCUT2D eigenvalue weighted by molar-refractivity contribution is 6.74. The lowest BCUT2D eigenvalue weighted by atomic mass is 9.71. The first kappa shape index (κ1) is 16.8. The van der Waals surface area contributed by atoms with Crippen LogP contribution >= 0.6 is 0 Å². The summed E-state index contributed by atoms with van der Waals surface area (Å²) in [4.78, 5) is 12.4. The SMILES string of the molecule is CC1=CC2CC(O[Si](C)(C)C(C)(C)C)=C3CCCC3C2C(=O)O1. The van der Waals surface area contributed by atoms with Gasteiger partial charge in [-0.1, -0.05) is 20.8 Å². The van der Waals surface area contributed by atoms with Gasteiger partial charge < -0.3 is 9.16 Å². The van der Waals surface area contributed by atoms with Crippen molar-refractivity contribution in [3.05, 3.63) is 23.2 Å². The minimum absolute atomic E-state index is 0.0166. The van der Waals surface area contributed by atoms with Crippen molar-refractivity contribution >= 4 is 14.3 Å². The second kappa shape index (κ2) is 5.51. The van der Waals surface area contributed by atoms with Gasteiger partial charge in [-0.05, 0) is 61.9 Å². The van der Waals surface area contributed by atoms with Gasteiger partial charge in [0.15, 0.2) is 0 Å². The van der Waals surface area contributed by atoms with E-state index in [0.29, 0.717) is 5.92 Å². The van der Waals surface area contributed by atoms with Crippen molar-refractivity contribution in [3.63, 3.8) is 0 Å². The molecule has 1 heterocycles.